The number of carbonyl (C=O) groups excluding carboxylic acids is 1. The minimum absolute atomic E-state index is 0.0597. The van der Waals surface area contributed by atoms with Gasteiger partial charge in [-0.25, -0.2) is 0 Å². The highest BCUT2D eigenvalue weighted by Crippen LogP contribution is 2.13. The quantitative estimate of drug-likeness (QED) is 0.135. The van der Waals surface area contributed by atoms with E-state index < -0.39 is 0 Å². The van der Waals surface area contributed by atoms with Crippen LogP contribution in [0.2, 0.25) is 0 Å². The molecule has 148 valence electrons. The molecular weight excluding hydrogens is 308 g/mol. The van der Waals surface area contributed by atoms with Crippen LogP contribution < -0.4 is 0 Å². The zero-order valence-corrected chi connectivity index (χ0v) is 17.4. The molecule has 0 unspecified atom stereocenters. The first-order valence-electron chi connectivity index (χ1n) is 11.0. The molecule has 0 aromatic carbocycles. The molecule has 0 saturated heterocycles. The summed E-state index contributed by atoms with van der Waals surface area (Å²) in [6, 6.07) is 0. The van der Waals surface area contributed by atoms with Gasteiger partial charge in [0, 0.05) is 6.08 Å². The zero-order valence-electron chi connectivity index (χ0n) is 17.4. The molecule has 0 amide bonds. The Morgan fingerprint density at radius 2 is 1.00 bits per heavy atom. The molecule has 0 heterocycles. The van der Waals surface area contributed by atoms with Crippen LogP contribution in [0.25, 0.3) is 0 Å². The van der Waals surface area contributed by atoms with Crippen LogP contribution in [0.1, 0.15) is 124 Å². The molecule has 0 aromatic heterocycles. The van der Waals surface area contributed by atoms with Crippen LogP contribution in [0.4, 0.5) is 0 Å². The molecule has 0 aliphatic heterocycles. The highest BCUT2D eigenvalue weighted by molar-refractivity contribution is 5.87. The lowest BCUT2D eigenvalue weighted by Crippen LogP contribution is -1.95. The van der Waals surface area contributed by atoms with E-state index in [9.17, 15) is 4.79 Å². The topological polar surface area (TPSA) is 26.3 Å². The number of unbranched alkanes of at least 4 members (excludes halogenated alkanes) is 15. The molecule has 0 bridgehead atoms. The second-order valence-corrected chi connectivity index (χ2v) is 7.52. The standard InChI is InChI=1S/C23H44O2/c1-4-5-6-7-8-9-10-11-12-13-14-15-16-17-18-19-20-25-23(3)21-22(2)24/h21H,4-20H2,1-3H3/b23-21-. The molecule has 0 aliphatic carbocycles. The van der Waals surface area contributed by atoms with Gasteiger partial charge in [0.05, 0.1) is 12.4 Å². The van der Waals surface area contributed by atoms with E-state index in [1.165, 1.54) is 96.3 Å². The first kappa shape index (κ1) is 24.2. The molecule has 0 fully saturated rings. The minimum Gasteiger partial charge on any atom is -0.498 e. The van der Waals surface area contributed by atoms with Gasteiger partial charge in [0.2, 0.25) is 0 Å². The summed E-state index contributed by atoms with van der Waals surface area (Å²) >= 11 is 0. The van der Waals surface area contributed by atoms with E-state index in [0.717, 1.165) is 18.8 Å². The van der Waals surface area contributed by atoms with Gasteiger partial charge in [0.25, 0.3) is 0 Å². The van der Waals surface area contributed by atoms with Crippen molar-refractivity contribution in [1.29, 1.82) is 0 Å². The van der Waals surface area contributed by atoms with Crippen molar-refractivity contribution in [2.24, 2.45) is 0 Å². The largest absolute Gasteiger partial charge is 0.498 e. The maximum atomic E-state index is 10.9. The van der Waals surface area contributed by atoms with Crippen molar-refractivity contribution in [3.8, 4) is 0 Å². The van der Waals surface area contributed by atoms with Gasteiger partial charge in [0.1, 0.15) is 0 Å². The molecule has 2 heteroatoms. The number of ketones is 1. The van der Waals surface area contributed by atoms with Gasteiger partial charge in [-0.3, -0.25) is 4.79 Å². The average molecular weight is 353 g/mol. The summed E-state index contributed by atoms with van der Waals surface area (Å²) in [5, 5.41) is 0. The molecule has 0 rings (SSSR count). The van der Waals surface area contributed by atoms with Gasteiger partial charge >= 0.3 is 0 Å². The second kappa shape index (κ2) is 19.5. The Balaban J connectivity index is 3.11. The van der Waals surface area contributed by atoms with Crippen molar-refractivity contribution in [1.82, 2.24) is 0 Å². The first-order chi connectivity index (χ1) is 12.2. The van der Waals surface area contributed by atoms with Crippen LogP contribution in [0.15, 0.2) is 11.8 Å². The molecule has 0 aliphatic rings. The van der Waals surface area contributed by atoms with Crippen LogP contribution in [0.3, 0.4) is 0 Å². The van der Waals surface area contributed by atoms with Crippen molar-refractivity contribution < 1.29 is 9.53 Å². The van der Waals surface area contributed by atoms with Gasteiger partial charge in [-0.2, -0.15) is 0 Å². The van der Waals surface area contributed by atoms with Gasteiger partial charge < -0.3 is 4.74 Å². The summed E-state index contributed by atoms with van der Waals surface area (Å²) in [7, 11) is 0. The maximum Gasteiger partial charge on any atom is 0.155 e. The lowest BCUT2D eigenvalue weighted by molar-refractivity contribution is -0.112. The van der Waals surface area contributed by atoms with Crippen molar-refractivity contribution in [3.05, 3.63) is 11.8 Å². The van der Waals surface area contributed by atoms with E-state index in [2.05, 4.69) is 6.92 Å². The van der Waals surface area contributed by atoms with Crippen LogP contribution >= 0.6 is 0 Å². The maximum absolute atomic E-state index is 10.9. The lowest BCUT2D eigenvalue weighted by Gasteiger charge is -2.06. The number of carbonyl (C=O) groups is 1. The highest BCUT2D eigenvalue weighted by atomic mass is 16.5. The molecule has 0 atom stereocenters. The SMILES string of the molecule is CCCCCCCCCCCCCCCCCCO/C(C)=C\C(C)=O. The van der Waals surface area contributed by atoms with Gasteiger partial charge in [0.15, 0.2) is 5.78 Å². The molecule has 0 saturated carbocycles. The number of rotatable bonds is 19. The summed E-state index contributed by atoms with van der Waals surface area (Å²) in [6.45, 7) is 6.44. The van der Waals surface area contributed by atoms with E-state index >= 15 is 0 Å². The Labute approximate surface area is 157 Å². The third-order valence-corrected chi connectivity index (χ3v) is 4.73. The van der Waals surface area contributed by atoms with Crippen LogP contribution in [0.5, 0.6) is 0 Å². The van der Waals surface area contributed by atoms with E-state index in [1.54, 1.807) is 13.0 Å². The first-order valence-corrected chi connectivity index (χ1v) is 11.0. The Kier molecular flexibility index (Phi) is 18.9. The summed E-state index contributed by atoms with van der Waals surface area (Å²) < 4.78 is 5.51. The molecule has 0 radical (unpaired) electrons. The fraction of sp³-hybridized carbons (Fsp3) is 0.870. The number of ether oxygens (including phenoxy) is 1. The Morgan fingerprint density at radius 3 is 1.36 bits per heavy atom. The van der Waals surface area contributed by atoms with Crippen molar-refractivity contribution in [3.63, 3.8) is 0 Å². The van der Waals surface area contributed by atoms with E-state index in [4.69, 9.17) is 4.74 Å². The fourth-order valence-electron chi connectivity index (χ4n) is 3.21. The van der Waals surface area contributed by atoms with E-state index in [-0.39, 0.29) is 5.78 Å². The summed E-state index contributed by atoms with van der Waals surface area (Å²) in [5.74, 6) is 0.804. The van der Waals surface area contributed by atoms with Crippen molar-refractivity contribution in [2.75, 3.05) is 6.61 Å². The second-order valence-electron chi connectivity index (χ2n) is 7.52. The molecule has 2 nitrogen and oxygen atoms in total. The van der Waals surface area contributed by atoms with Gasteiger partial charge in [-0.15, -0.1) is 0 Å². The van der Waals surface area contributed by atoms with Crippen molar-refractivity contribution in [2.45, 2.75) is 124 Å². The molecule has 0 aromatic rings. The van der Waals surface area contributed by atoms with E-state index in [0.29, 0.717) is 0 Å². The number of hydrogen-bond donors (Lipinski definition) is 0. The molecule has 0 N–H and O–H groups in total. The minimum atomic E-state index is 0.0597. The van der Waals surface area contributed by atoms with Crippen LogP contribution in [-0.4, -0.2) is 12.4 Å². The Hall–Kier alpha value is -0.790. The molecule has 0 spiro atoms. The monoisotopic (exact) mass is 352 g/mol. The number of allylic oxidation sites excluding steroid dienone is 2. The summed E-state index contributed by atoms with van der Waals surface area (Å²) in [4.78, 5) is 10.9. The Bertz CT molecular complexity index is 320. The molecular formula is C23H44O2. The third-order valence-electron chi connectivity index (χ3n) is 4.73. The van der Waals surface area contributed by atoms with Crippen molar-refractivity contribution >= 4 is 5.78 Å². The van der Waals surface area contributed by atoms with Crippen LogP contribution in [-0.2, 0) is 9.53 Å². The normalized spacial score (nSPS) is 11.7. The number of hydrogen-bond acceptors (Lipinski definition) is 2. The molecule has 25 heavy (non-hydrogen) atoms. The zero-order chi connectivity index (χ0) is 18.6. The third kappa shape index (κ3) is 21.2. The van der Waals surface area contributed by atoms with E-state index in [1.807, 2.05) is 6.92 Å². The predicted molar refractivity (Wildman–Crippen MR) is 110 cm³/mol. The Morgan fingerprint density at radius 1 is 0.640 bits per heavy atom. The van der Waals surface area contributed by atoms with Gasteiger partial charge in [-0.1, -0.05) is 103 Å². The fourth-order valence-corrected chi connectivity index (χ4v) is 3.21. The lowest BCUT2D eigenvalue weighted by atomic mass is 10.0. The summed E-state index contributed by atoms with van der Waals surface area (Å²) in [6.07, 6.45) is 23.7. The summed E-state index contributed by atoms with van der Waals surface area (Å²) in [5.41, 5.74) is 0. The van der Waals surface area contributed by atoms with Gasteiger partial charge in [-0.05, 0) is 20.3 Å². The average Bonchev–Trinajstić information content (AvgIpc) is 2.57. The smallest absolute Gasteiger partial charge is 0.155 e. The predicted octanol–water partition coefficient (Wildman–Crippen LogP) is 7.76. The highest BCUT2D eigenvalue weighted by Gasteiger charge is 1.96. The van der Waals surface area contributed by atoms with Crippen LogP contribution in [0, 0.1) is 0 Å².